The molecule has 0 amide bonds. The lowest BCUT2D eigenvalue weighted by molar-refractivity contribution is -0.0794. The molecule has 1 heterocycles. The molecule has 1 saturated heterocycles. The predicted molar refractivity (Wildman–Crippen MR) is 80.0 cm³/mol. The average Bonchev–Trinajstić information content (AvgIpc) is 2.56. The van der Waals surface area contributed by atoms with Crippen molar-refractivity contribution < 1.29 is 4.74 Å². The molecule has 6 atom stereocenters. The third-order valence-corrected chi connectivity index (χ3v) is 7.18. The smallest absolute Gasteiger partial charge is 0.0497 e. The molecular weight excluding hydrogens is 232 g/mol. The first-order chi connectivity index (χ1) is 8.87. The highest BCUT2D eigenvalue weighted by Gasteiger charge is 2.57. The van der Waals surface area contributed by atoms with Gasteiger partial charge in [-0.25, -0.2) is 0 Å². The zero-order valence-electron chi connectivity index (χ0n) is 13.5. The third kappa shape index (κ3) is 2.07. The Labute approximate surface area is 119 Å². The molecule has 6 unspecified atom stereocenters. The van der Waals surface area contributed by atoms with Gasteiger partial charge >= 0.3 is 0 Å². The van der Waals surface area contributed by atoms with Crippen LogP contribution in [-0.2, 0) is 4.74 Å². The van der Waals surface area contributed by atoms with Crippen molar-refractivity contribution in [3.05, 3.63) is 0 Å². The van der Waals surface area contributed by atoms with Gasteiger partial charge in [0, 0.05) is 13.2 Å². The molecule has 3 fully saturated rings. The van der Waals surface area contributed by atoms with Gasteiger partial charge in [0.1, 0.15) is 0 Å². The van der Waals surface area contributed by atoms with Crippen molar-refractivity contribution >= 4 is 0 Å². The van der Waals surface area contributed by atoms with Crippen LogP contribution < -0.4 is 0 Å². The summed E-state index contributed by atoms with van der Waals surface area (Å²) < 4.78 is 5.85. The fourth-order valence-corrected chi connectivity index (χ4v) is 6.06. The Morgan fingerprint density at radius 2 is 1.79 bits per heavy atom. The molecule has 0 bridgehead atoms. The average molecular weight is 264 g/mol. The third-order valence-electron chi connectivity index (χ3n) is 7.18. The second kappa shape index (κ2) is 4.48. The van der Waals surface area contributed by atoms with E-state index >= 15 is 0 Å². The quantitative estimate of drug-likeness (QED) is 0.663. The standard InChI is InChI=1S/C18H32O/c1-6-18(5)11-17(3,4)15-7-13-10-19-9-12(2)14(13)8-16(15)18/h12-16H,6-11H2,1-5H3. The molecule has 0 N–H and O–H groups in total. The predicted octanol–water partition coefficient (Wildman–Crippen LogP) is 4.76. The van der Waals surface area contributed by atoms with Crippen LogP contribution >= 0.6 is 0 Å². The van der Waals surface area contributed by atoms with Gasteiger partial charge < -0.3 is 4.74 Å². The van der Waals surface area contributed by atoms with E-state index in [0.717, 1.165) is 42.8 Å². The summed E-state index contributed by atoms with van der Waals surface area (Å²) in [6.07, 6.45) is 5.70. The summed E-state index contributed by atoms with van der Waals surface area (Å²) in [7, 11) is 0. The fraction of sp³-hybridized carbons (Fsp3) is 1.00. The zero-order chi connectivity index (χ0) is 13.8. The van der Waals surface area contributed by atoms with Crippen molar-refractivity contribution in [3.63, 3.8) is 0 Å². The van der Waals surface area contributed by atoms with Crippen LogP contribution in [0.15, 0.2) is 0 Å². The van der Waals surface area contributed by atoms with Crippen LogP contribution in [0, 0.1) is 40.4 Å². The van der Waals surface area contributed by atoms with Crippen molar-refractivity contribution in [2.45, 2.75) is 60.3 Å². The lowest BCUT2D eigenvalue weighted by Crippen LogP contribution is -2.44. The van der Waals surface area contributed by atoms with Crippen LogP contribution in [0.3, 0.4) is 0 Å². The Morgan fingerprint density at radius 1 is 1.05 bits per heavy atom. The summed E-state index contributed by atoms with van der Waals surface area (Å²) in [6.45, 7) is 14.5. The van der Waals surface area contributed by atoms with Gasteiger partial charge in [0.05, 0.1) is 0 Å². The molecule has 0 aromatic heterocycles. The molecule has 2 saturated carbocycles. The summed E-state index contributed by atoms with van der Waals surface area (Å²) in [6, 6.07) is 0. The molecule has 3 rings (SSSR count). The van der Waals surface area contributed by atoms with Crippen LogP contribution in [0.4, 0.5) is 0 Å². The van der Waals surface area contributed by atoms with Crippen LogP contribution in [0.25, 0.3) is 0 Å². The van der Waals surface area contributed by atoms with E-state index in [1.165, 1.54) is 25.7 Å². The molecule has 110 valence electrons. The molecule has 19 heavy (non-hydrogen) atoms. The molecule has 1 heteroatoms. The maximum absolute atomic E-state index is 5.85. The summed E-state index contributed by atoms with van der Waals surface area (Å²) in [5, 5.41) is 0. The van der Waals surface area contributed by atoms with Gasteiger partial charge in [0.15, 0.2) is 0 Å². The van der Waals surface area contributed by atoms with Gasteiger partial charge in [-0.3, -0.25) is 0 Å². The minimum Gasteiger partial charge on any atom is -0.381 e. The van der Waals surface area contributed by atoms with E-state index in [2.05, 4.69) is 34.6 Å². The first kappa shape index (κ1) is 13.9. The SMILES string of the molecule is CCC1(C)CC(C)(C)C2CC3COCC(C)C3CC21. The van der Waals surface area contributed by atoms with Crippen molar-refractivity contribution in [2.24, 2.45) is 40.4 Å². The van der Waals surface area contributed by atoms with Gasteiger partial charge in [-0.05, 0) is 59.7 Å². The molecule has 0 spiro atoms. The van der Waals surface area contributed by atoms with Crippen molar-refractivity contribution in [3.8, 4) is 0 Å². The number of ether oxygens (including phenoxy) is 1. The monoisotopic (exact) mass is 264 g/mol. The Bertz CT molecular complexity index is 348. The van der Waals surface area contributed by atoms with E-state index in [4.69, 9.17) is 4.74 Å². The highest BCUT2D eigenvalue weighted by molar-refractivity contribution is 5.06. The minimum absolute atomic E-state index is 0.543. The van der Waals surface area contributed by atoms with Crippen molar-refractivity contribution in [1.82, 2.24) is 0 Å². The minimum atomic E-state index is 0.543. The van der Waals surface area contributed by atoms with E-state index in [1.807, 2.05) is 0 Å². The molecule has 1 nitrogen and oxygen atoms in total. The topological polar surface area (TPSA) is 9.23 Å². The highest BCUT2D eigenvalue weighted by atomic mass is 16.5. The Hall–Kier alpha value is -0.0400. The van der Waals surface area contributed by atoms with Gasteiger partial charge in [0.2, 0.25) is 0 Å². The largest absolute Gasteiger partial charge is 0.381 e. The molecule has 0 radical (unpaired) electrons. The molecule has 0 aromatic carbocycles. The first-order valence-electron chi connectivity index (χ1n) is 8.45. The van der Waals surface area contributed by atoms with E-state index < -0.39 is 0 Å². The number of hydrogen-bond acceptors (Lipinski definition) is 1. The molecule has 2 aliphatic carbocycles. The second-order valence-corrected chi connectivity index (χ2v) is 8.80. The van der Waals surface area contributed by atoms with Gasteiger partial charge in [-0.2, -0.15) is 0 Å². The second-order valence-electron chi connectivity index (χ2n) is 8.80. The Morgan fingerprint density at radius 3 is 2.47 bits per heavy atom. The lowest BCUT2D eigenvalue weighted by Gasteiger charge is -2.49. The number of fused-ring (bicyclic) bond motifs is 2. The zero-order valence-corrected chi connectivity index (χ0v) is 13.5. The van der Waals surface area contributed by atoms with E-state index in [1.54, 1.807) is 0 Å². The molecule has 3 aliphatic rings. The van der Waals surface area contributed by atoms with E-state index in [9.17, 15) is 0 Å². The van der Waals surface area contributed by atoms with Crippen LogP contribution in [0.1, 0.15) is 60.3 Å². The van der Waals surface area contributed by atoms with Gasteiger partial charge in [-0.1, -0.05) is 41.0 Å². The maximum atomic E-state index is 5.85. The summed E-state index contributed by atoms with van der Waals surface area (Å²) >= 11 is 0. The van der Waals surface area contributed by atoms with E-state index in [-0.39, 0.29) is 0 Å². The molecular formula is C18H32O. The van der Waals surface area contributed by atoms with E-state index in [0.29, 0.717) is 10.8 Å². The van der Waals surface area contributed by atoms with Crippen molar-refractivity contribution in [1.29, 1.82) is 0 Å². The molecule has 0 aromatic rings. The number of rotatable bonds is 1. The summed E-state index contributed by atoms with van der Waals surface area (Å²) in [5.74, 6) is 4.48. The lowest BCUT2D eigenvalue weighted by atomic mass is 9.58. The Kier molecular flexibility index (Phi) is 3.28. The van der Waals surface area contributed by atoms with Crippen LogP contribution in [0.5, 0.6) is 0 Å². The maximum Gasteiger partial charge on any atom is 0.0497 e. The molecule has 1 aliphatic heterocycles. The van der Waals surface area contributed by atoms with Crippen LogP contribution in [-0.4, -0.2) is 13.2 Å². The van der Waals surface area contributed by atoms with Gasteiger partial charge in [-0.15, -0.1) is 0 Å². The number of hydrogen-bond donors (Lipinski definition) is 0. The van der Waals surface area contributed by atoms with Crippen LogP contribution in [0.2, 0.25) is 0 Å². The van der Waals surface area contributed by atoms with Gasteiger partial charge in [0.25, 0.3) is 0 Å². The summed E-state index contributed by atoms with van der Waals surface area (Å²) in [4.78, 5) is 0. The highest BCUT2D eigenvalue weighted by Crippen LogP contribution is 2.65. The fourth-order valence-electron chi connectivity index (χ4n) is 6.06. The summed E-state index contributed by atoms with van der Waals surface area (Å²) in [5.41, 5.74) is 1.14. The Balaban J connectivity index is 1.88. The normalized spacial score (nSPS) is 52.6. The first-order valence-corrected chi connectivity index (χ1v) is 8.45. The van der Waals surface area contributed by atoms with Crippen molar-refractivity contribution in [2.75, 3.05) is 13.2 Å².